The molecule has 46 heavy (non-hydrogen) atoms. The number of fused-ring (bicyclic) bond motifs is 4. The van der Waals surface area contributed by atoms with Gasteiger partial charge in [-0.3, -0.25) is 0 Å². The van der Waals surface area contributed by atoms with Crippen molar-refractivity contribution >= 4 is 6.09 Å². The fraction of sp³-hybridized carbons (Fsp3) is 0.971. The first kappa shape index (κ1) is 32.2. The van der Waals surface area contributed by atoms with E-state index < -0.39 is 53.7 Å². The molecule has 10 aliphatic rings. The van der Waals surface area contributed by atoms with Crippen LogP contribution in [0.15, 0.2) is 0 Å². The average molecular weight is 650 g/mol. The molecule has 8 heterocycles. The van der Waals surface area contributed by atoms with Crippen molar-refractivity contribution < 1.29 is 48.0 Å². The fourth-order valence-electron chi connectivity index (χ4n) is 11.3. The molecule has 8 aliphatic heterocycles. The summed E-state index contributed by atoms with van der Waals surface area (Å²) in [6.45, 7) is 13.0. The maximum atomic E-state index is 13.3. The molecule has 2 saturated carbocycles. The van der Waals surface area contributed by atoms with E-state index in [4.69, 9.17) is 43.2 Å². The summed E-state index contributed by atoms with van der Waals surface area (Å²) in [6.07, 6.45) is 5.34. The second-order valence-electron chi connectivity index (χ2n) is 16.9. The van der Waals surface area contributed by atoms with E-state index in [1.807, 2.05) is 13.8 Å². The second kappa shape index (κ2) is 11.0. The van der Waals surface area contributed by atoms with Gasteiger partial charge in [0.2, 0.25) is 11.6 Å². The highest BCUT2D eigenvalue weighted by molar-refractivity contribution is 5.67. The number of hydrogen-bond acceptors (Lipinski definition) is 10. The monoisotopic (exact) mass is 649 g/mol. The Bertz CT molecular complexity index is 1200. The van der Waals surface area contributed by atoms with Gasteiger partial charge in [-0.1, -0.05) is 27.7 Å². The lowest BCUT2D eigenvalue weighted by atomic mass is 9.56. The number of carbonyl (C=O) groups is 1. The minimum absolute atomic E-state index is 0.0202. The van der Waals surface area contributed by atoms with Gasteiger partial charge in [-0.25, -0.2) is 24.3 Å². The summed E-state index contributed by atoms with van der Waals surface area (Å²) in [5, 5.41) is 0. The Labute approximate surface area is 273 Å². The van der Waals surface area contributed by atoms with Gasteiger partial charge < -0.3 is 28.6 Å². The Kier molecular flexibility index (Phi) is 7.68. The Hall–Kier alpha value is -1.05. The van der Waals surface area contributed by atoms with E-state index in [0.717, 1.165) is 51.4 Å². The largest absolute Gasteiger partial charge is 0.443 e. The lowest BCUT2D eigenvalue weighted by Crippen LogP contribution is -2.72. The van der Waals surface area contributed by atoms with Crippen LogP contribution in [0.2, 0.25) is 0 Å². The molecule has 17 atom stereocenters. The van der Waals surface area contributed by atoms with Crippen LogP contribution in [0.3, 0.4) is 0 Å². The number of rotatable bonds is 4. The molecule has 0 aromatic heterocycles. The molecule has 260 valence electrons. The minimum atomic E-state index is -0.878. The number of hydrogen-bond donors (Lipinski definition) is 0. The highest BCUT2D eigenvalue weighted by Crippen LogP contribution is 2.63. The predicted octanol–water partition coefficient (Wildman–Crippen LogP) is 5.94. The minimum Gasteiger partial charge on any atom is -0.443 e. The molecule has 11 heteroatoms. The fourth-order valence-corrected chi connectivity index (χ4v) is 11.3. The molecular formula is C35H55NO10. The Balaban J connectivity index is 1.12. The van der Waals surface area contributed by atoms with E-state index >= 15 is 0 Å². The Morgan fingerprint density at radius 2 is 1.24 bits per heavy atom. The van der Waals surface area contributed by atoms with Crippen molar-refractivity contribution in [1.82, 2.24) is 4.90 Å². The molecule has 0 aromatic carbocycles. The van der Waals surface area contributed by atoms with Gasteiger partial charge in [-0.15, -0.1) is 0 Å². The first-order valence-electron chi connectivity index (χ1n) is 18.1. The summed E-state index contributed by atoms with van der Waals surface area (Å²) >= 11 is 0. The zero-order chi connectivity index (χ0) is 32.4. The normalized spacial score (nSPS) is 56.2. The first-order chi connectivity index (χ1) is 21.8. The molecule has 10 rings (SSSR count). The van der Waals surface area contributed by atoms with Crippen LogP contribution >= 0.6 is 0 Å². The molecule has 2 spiro atoms. The zero-order valence-electron chi connectivity index (χ0n) is 28.9. The van der Waals surface area contributed by atoms with Gasteiger partial charge in [0.1, 0.15) is 12.2 Å². The van der Waals surface area contributed by atoms with Gasteiger partial charge in [-0.05, 0) is 87.9 Å². The van der Waals surface area contributed by atoms with Crippen molar-refractivity contribution in [2.45, 2.75) is 153 Å². The van der Waals surface area contributed by atoms with Crippen LogP contribution in [-0.2, 0) is 43.2 Å². The van der Waals surface area contributed by atoms with Gasteiger partial charge in [0.05, 0.1) is 6.10 Å². The van der Waals surface area contributed by atoms with E-state index in [-0.39, 0.29) is 41.6 Å². The molecule has 4 bridgehead atoms. The van der Waals surface area contributed by atoms with Crippen LogP contribution in [0, 0.1) is 47.3 Å². The van der Waals surface area contributed by atoms with Gasteiger partial charge in [-0.2, -0.15) is 0 Å². The van der Waals surface area contributed by atoms with Crippen molar-refractivity contribution in [2.24, 2.45) is 47.3 Å². The van der Waals surface area contributed by atoms with E-state index in [1.165, 1.54) is 4.90 Å². The zero-order valence-corrected chi connectivity index (χ0v) is 28.9. The van der Waals surface area contributed by atoms with Gasteiger partial charge in [0.25, 0.3) is 0 Å². The number of nitrogens with zero attached hydrogens (tertiary/aromatic N) is 1. The smallest absolute Gasteiger partial charge is 0.409 e. The molecule has 0 radical (unpaired) electrons. The van der Waals surface area contributed by atoms with E-state index in [2.05, 4.69) is 27.7 Å². The van der Waals surface area contributed by atoms with Gasteiger partial charge in [0, 0.05) is 45.2 Å². The van der Waals surface area contributed by atoms with Crippen LogP contribution in [0.4, 0.5) is 4.79 Å². The summed E-state index contributed by atoms with van der Waals surface area (Å²) in [5.74, 6) is 0.227. The molecular weight excluding hydrogens is 594 g/mol. The lowest BCUT2D eigenvalue weighted by molar-refractivity contribution is -0.573. The summed E-state index contributed by atoms with van der Waals surface area (Å²) in [5.41, 5.74) is -1.33. The van der Waals surface area contributed by atoms with Crippen molar-refractivity contribution in [3.63, 3.8) is 0 Å². The average Bonchev–Trinajstić information content (AvgIpc) is 3.38. The summed E-state index contributed by atoms with van der Waals surface area (Å²) < 4.78 is 33.7. The predicted molar refractivity (Wildman–Crippen MR) is 162 cm³/mol. The maximum absolute atomic E-state index is 13.3. The van der Waals surface area contributed by atoms with E-state index in [1.54, 1.807) is 14.1 Å². The number of ether oxygens (including phenoxy) is 5. The van der Waals surface area contributed by atoms with Crippen molar-refractivity contribution in [3.05, 3.63) is 0 Å². The first-order valence-corrected chi connectivity index (χ1v) is 18.1. The van der Waals surface area contributed by atoms with Crippen molar-refractivity contribution in [2.75, 3.05) is 14.1 Å². The van der Waals surface area contributed by atoms with Crippen LogP contribution in [0.25, 0.3) is 0 Å². The second-order valence-corrected chi connectivity index (χ2v) is 16.9. The molecule has 11 nitrogen and oxygen atoms in total. The van der Waals surface area contributed by atoms with Crippen molar-refractivity contribution in [3.8, 4) is 0 Å². The SMILES string of the molecule is C[C@H]1[C@@H](C[C@H](OC(=O)N(C)C)C2O[C@@H]3O[C@@]4(C)CC[C@H]5[C@H](C)CC[C@@H]([C@H]2C)[C@@]35OO4)O[C@@H]2O[C@@]3(C)CC[C@H]4[C@H](C)CC[C@@H]1[C@@]24OO3. The van der Waals surface area contributed by atoms with Crippen LogP contribution < -0.4 is 0 Å². The van der Waals surface area contributed by atoms with Crippen molar-refractivity contribution in [1.29, 1.82) is 0 Å². The molecule has 2 aliphatic carbocycles. The lowest BCUT2D eigenvalue weighted by Gasteiger charge is -2.62. The summed E-state index contributed by atoms with van der Waals surface area (Å²) in [7, 11) is 3.43. The number of carbonyl (C=O) groups excluding carboxylic acids is 1. The van der Waals surface area contributed by atoms with E-state index in [9.17, 15) is 4.79 Å². The van der Waals surface area contributed by atoms with Crippen LogP contribution in [0.1, 0.15) is 99.3 Å². The Morgan fingerprint density at radius 1 is 0.717 bits per heavy atom. The molecule has 10 fully saturated rings. The summed E-state index contributed by atoms with van der Waals surface area (Å²) in [6, 6.07) is 0. The third-order valence-corrected chi connectivity index (χ3v) is 14.0. The van der Waals surface area contributed by atoms with Crippen LogP contribution in [0.5, 0.6) is 0 Å². The molecule has 1 amide bonds. The van der Waals surface area contributed by atoms with Crippen LogP contribution in [-0.4, -0.2) is 78.8 Å². The van der Waals surface area contributed by atoms with E-state index in [0.29, 0.717) is 18.3 Å². The molecule has 8 saturated heterocycles. The third kappa shape index (κ3) is 4.55. The van der Waals surface area contributed by atoms with Gasteiger partial charge >= 0.3 is 6.09 Å². The highest BCUT2D eigenvalue weighted by Gasteiger charge is 2.72. The molecule has 0 aromatic rings. The maximum Gasteiger partial charge on any atom is 0.409 e. The number of amides is 1. The summed E-state index contributed by atoms with van der Waals surface area (Å²) in [4.78, 5) is 39.7. The molecule has 0 N–H and O–H groups in total. The quantitative estimate of drug-likeness (QED) is 0.340. The van der Waals surface area contributed by atoms with Gasteiger partial charge in [0.15, 0.2) is 23.8 Å². The Morgan fingerprint density at radius 3 is 1.78 bits per heavy atom. The molecule has 1 unspecified atom stereocenters. The third-order valence-electron chi connectivity index (χ3n) is 14.0. The highest BCUT2D eigenvalue weighted by atomic mass is 17.3. The standard InChI is InChI=1S/C35H55NO10/c1-18-9-11-24-20(3)26(38-29-34(24)22(18)13-15-32(5,41-29)43-45-34)17-27(39-31(37)36(7)8)28-21(4)25-12-10-19(2)23-14-16-33(6)42-30(40-28)35(23,25)46-44-33/h18-30H,9-17H2,1-8H3/t18-,19-,20-,21-,22+,23+,24+,25+,26-,27+,28?,29-,30-,32-,33-,34-,35-/m1/s1. The topological polar surface area (TPSA) is 103 Å².